The summed E-state index contributed by atoms with van der Waals surface area (Å²) >= 11 is 0. The maximum Gasteiger partial charge on any atom is 0.405 e. The van der Waals surface area contributed by atoms with Crippen LogP contribution in [0.25, 0.3) is 0 Å². The van der Waals surface area contributed by atoms with Crippen LogP contribution < -0.4 is 0 Å². The maximum absolute atomic E-state index is 15.1. The van der Waals surface area contributed by atoms with Crippen molar-refractivity contribution in [2.24, 2.45) is 0 Å². The van der Waals surface area contributed by atoms with Crippen LogP contribution in [0.3, 0.4) is 0 Å². The first-order valence-electron chi connectivity index (χ1n) is 7.40. The summed E-state index contributed by atoms with van der Waals surface area (Å²) in [5, 5.41) is 0. The van der Waals surface area contributed by atoms with Gasteiger partial charge in [-0.05, 0) is 38.8 Å². The smallest absolute Gasteiger partial charge is 0.269 e. The van der Waals surface area contributed by atoms with E-state index in [-0.39, 0.29) is 20.5 Å². The fraction of sp³-hybridized carbons (Fsp3) is 0.368. The van der Waals surface area contributed by atoms with Crippen LogP contribution in [-0.2, 0) is 5.41 Å². The van der Waals surface area contributed by atoms with Gasteiger partial charge in [0.1, 0.15) is 11.1 Å². The Morgan fingerprint density at radius 1 is 0.600 bits per heavy atom. The van der Waals surface area contributed by atoms with E-state index >= 15 is 4.39 Å². The maximum atomic E-state index is 15.1. The minimum Gasteiger partial charge on any atom is -0.269 e. The van der Waals surface area contributed by atoms with Gasteiger partial charge in [-0.15, -0.1) is 0 Å². The van der Waals surface area contributed by atoms with E-state index in [2.05, 4.69) is 0 Å². The van der Waals surface area contributed by atoms with Crippen molar-refractivity contribution in [1.82, 2.24) is 0 Å². The van der Waals surface area contributed by atoms with Gasteiger partial charge in [0, 0.05) is 0 Å². The Hall–Kier alpha value is -1.98. The van der Waals surface area contributed by atoms with E-state index in [1.807, 2.05) is 0 Å². The quantitative estimate of drug-likeness (QED) is 0.569. The van der Waals surface area contributed by atoms with Crippen LogP contribution in [0.15, 0.2) is 48.5 Å². The summed E-state index contributed by atoms with van der Waals surface area (Å²) in [7, 11) is 0. The summed E-state index contributed by atoms with van der Waals surface area (Å²) in [5.74, 6) is 0. The molecule has 0 saturated carbocycles. The van der Waals surface area contributed by atoms with E-state index in [9.17, 15) is 13.2 Å². The molecule has 25 heavy (non-hydrogen) atoms. The van der Waals surface area contributed by atoms with Crippen molar-refractivity contribution in [3.8, 4) is 0 Å². The van der Waals surface area contributed by atoms with E-state index in [1.54, 1.807) is 38.1 Å². The molecule has 0 N–H and O–H groups in total. The van der Waals surface area contributed by atoms with Crippen molar-refractivity contribution >= 4 is 0 Å². The van der Waals surface area contributed by atoms with E-state index < -0.39 is 17.3 Å². The summed E-state index contributed by atoms with van der Waals surface area (Å²) in [5.41, 5.74) is -3.79. The van der Waals surface area contributed by atoms with Gasteiger partial charge in [-0.2, -0.15) is 13.2 Å². The summed E-state index contributed by atoms with van der Waals surface area (Å²) in [4.78, 5) is 0. The molecule has 0 amide bonds. The zero-order valence-corrected chi connectivity index (χ0v) is 14.4. The summed E-state index contributed by atoms with van der Waals surface area (Å²) in [6, 6.07) is 11.8. The van der Waals surface area contributed by atoms with Gasteiger partial charge in [0.25, 0.3) is 0 Å². The van der Waals surface area contributed by atoms with Crippen LogP contribution in [-0.4, -0.2) is 11.8 Å². The molecule has 2 rings (SSSR count). The Balaban J connectivity index is 0.00000288. The average Bonchev–Trinajstić information content (AvgIpc) is 2.40. The molecule has 0 aliphatic heterocycles. The molecule has 0 nitrogen and oxygen atoms in total. The van der Waals surface area contributed by atoms with Crippen molar-refractivity contribution in [3.63, 3.8) is 0 Å². The predicted molar refractivity (Wildman–Crippen MR) is 89.4 cm³/mol. The zero-order valence-electron chi connectivity index (χ0n) is 14.4. The van der Waals surface area contributed by atoms with Gasteiger partial charge in [0.15, 0.2) is 0 Å². The monoisotopic (exact) mass is 364 g/mol. The third-order valence-electron chi connectivity index (χ3n) is 4.29. The fourth-order valence-corrected chi connectivity index (χ4v) is 3.12. The van der Waals surface area contributed by atoms with Crippen molar-refractivity contribution in [2.75, 3.05) is 0 Å². The molecule has 0 aliphatic rings. The lowest BCUT2D eigenvalue weighted by atomic mass is 9.64. The van der Waals surface area contributed by atoms with Gasteiger partial charge in [-0.25, -0.2) is 4.39 Å². The SMILES string of the molecule is Cc1ccc(C(c2ccc(C)cc2)(C(C)(C)F)C(F)(F)F)cc1.F.F. The molecule has 0 fully saturated rings. The molecule has 0 bridgehead atoms. The lowest BCUT2D eigenvalue weighted by Crippen LogP contribution is -2.56. The highest BCUT2D eigenvalue weighted by Crippen LogP contribution is 2.54. The molecule has 0 aliphatic carbocycles. The highest BCUT2D eigenvalue weighted by Gasteiger charge is 2.65. The van der Waals surface area contributed by atoms with E-state index in [4.69, 9.17) is 0 Å². The van der Waals surface area contributed by atoms with Gasteiger partial charge in [0.05, 0.1) is 0 Å². The summed E-state index contributed by atoms with van der Waals surface area (Å²) in [6.45, 7) is 5.54. The minimum absolute atomic E-state index is 0. The molecule has 0 spiro atoms. The lowest BCUT2D eigenvalue weighted by molar-refractivity contribution is -0.209. The van der Waals surface area contributed by atoms with Crippen LogP contribution in [0, 0.1) is 13.8 Å². The Morgan fingerprint density at radius 3 is 1.08 bits per heavy atom. The van der Waals surface area contributed by atoms with Gasteiger partial charge in [-0.3, -0.25) is 9.41 Å². The van der Waals surface area contributed by atoms with Crippen molar-refractivity contribution in [3.05, 3.63) is 70.8 Å². The van der Waals surface area contributed by atoms with Crippen LogP contribution in [0.2, 0.25) is 0 Å². The average molecular weight is 364 g/mol. The number of hydrogen-bond donors (Lipinski definition) is 0. The molecule has 2 aromatic carbocycles. The van der Waals surface area contributed by atoms with Crippen LogP contribution in [0.5, 0.6) is 0 Å². The standard InChI is InChI=1S/C19H20F4.2FH/c1-13-5-9-15(10-6-13)18(17(3,4)20,19(21,22)23)16-11-7-14(2)8-12-16;;/h5-12H,1-4H3;2*1H. The third kappa shape index (κ3) is 3.83. The number of halogens is 6. The highest BCUT2D eigenvalue weighted by molar-refractivity contribution is 5.46. The van der Waals surface area contributed by atoms with E-state index in [0.29, 0.717) is 0 Å². The Labute approximate surface area is 143 Å². The van der Waals surface area contributed by atoms with Crippen molar-refractivity contribution in [1.29, 1.82) is 0 Å². The second-order valence-corrected chi connectivity index (χ2v) is 6.45. The molecular weight excluding hydrogens is 342 g/mol. The summed E-state index contributed by atoms with van der Waals surface area (Å²) < 4.78 is 57.7. The molecule has 6 heteroatoms. The second kappa shape index (κ2) is 7.50. The third-order valence-corrected chi connectivity index (χ3v) is 4.29. The normalized spacial score (nSPS) is 12.2. The minimum atomic E-state index is -4.78. The Kier molecular flexibility index (Phi) is 6.90. The number of alkyl halides is 4. The molecule has 0 saturated heterocycles. The van der Waals surface area contributed by atoms with Crippen molar-refractivity contribution in [2.45, 2.75) is 45.0 Å². The largest absolute Gasteiger partial charge is 0.405 e. The van der Waals surface area contributed by atoms with E-state index in [0.717, 1.165) is 25.0 Å². The first kappa shape index (κ1) is 23.0. The first-order valence-corrected chi connectivity index (χ1v) is 7.40. The lowest BCUT2D eigenvalue weighted by Gasteiger charge is -2.44. The molecule has 2 aromatic rings. The van der Waals surface area contributed by atoms with Crippen LogP contribution in [0.1, 0.15) is 36.1 Å². The number of rotatable bonds is 3. The molecule has 0 unspecified atom stereocenters. The highest BCUT2D eigenvalue weighted by atomic mass is 19.4. The topological polar surface area (TPSA) is 0 Å². The first-order chi connectivity index (χ1) is 10.5. The fourth-order valence-electron chi connectivity index (χ4n) is 3.12. The van der Waals surface area contributed by atoms with Gasteiger partial charge in [0.2, 0.25) is 0 Å². The number of hydrogen-bond acceptors (Lipinski definition) is 0. The van der Waals surface area contributed by atoms with Crippen LogP contribution >= 0.6 is 0 Å². The zero-order chi connectivity index (χ0) is 17.5. The van der Waals surface area contributed by atoms with Gasteiger partial charge in [-0.1, -0.05) is 59.7 Å². The number of benzene rings is 2. The predicted octanol–water partition coefficient (Wildman–Crippen LogP) is 6.20. The van der Waals surface area contributed by atoms with Gasteiger partial charge < -0.3 is 0 Å². The molecule has 0 heterocycles. The number of aryl methyl sites for hydroxylation is 2. The van der Waals surface area contributed by atoms with Crippen molar-refractivity contribution < 1.29 is 27.0 Å². The molecule has 0 aromatic heterocycles. The van der Waals surface area contributed by atoms with E-state index in [1.165, 1.54) is 24.3 Å². The molecule has 0 radical (unpaired) electrons. The van der Waals surface area contributed by atoms with Gasteiger partial charge >= 0.3 is 6.18 Å². The Bertz CT molecular complexity index is 602. The molecule has 0 atom stereocenters. The molecule has 140 valence electrons. The summed E-state index contributed by atoms with van der Waals surface area (Å²) in [6.07, 6.45) is -4.78. The van der Waals surface area contributed by atoms with Crippen LogP contribution in [0.4, 0.5) is 27.0 Å². The molecular formula is C19H22F6. The Morgan fingerprint density at radius 2 is 0.880 bits per heavy atom. The second-order valence-electron chi connectivity index (χ2n) is 6.45.